The second-order valence-corrected chi connectivity index (χ2v) is 9.70. The van der Waals surface area contributed by atoms with Crippen LogP contribution in [-0.4, -0.2) is 65.0 Å². The Morgan fingerprint density at radius 1 is 1.00 bits per heavy atom. The van der Waals surface area contributed by atoms with Gasteiger partial charge in [-0.05, 0) is 56.2 Å². The van der Waals surface area contributed by atoms with Crippen LogP contribution in [0.1, 0.15) is 29.6 Å². The Morgan fingerprint density at radius 2 is 1.77 bits per heavy atom. The summed E-state index contributed by atoms with van der Waals surface area (Å²) in [6.07, 6.45) is 2.80. The maximum absolute atomic E-state index is 6.28. The molecule has 4 heterocycles. The minimum atomic E-state index is 0. The Hall–Kier alpha value is -3.33. The van der Waals surface area contributed by atoms with Crippen LogP contribution in [0.2, 0.25) is 0 Å². The fourth-order valence-corrected chi connectivity index (χ4v) is 5.47. The van der Waals surface area contributed by atoms with Crippen molar-refractivity contribution < 1.29 is 9.57 Å². The first-order valence-corrected chi connectivity index (χ1v) is 12.9. The molecule has 8 nitrogen and oxygen atoms in total. The number of para-hydroxylation sites is 1. The van der Waals surface area contributed by atoms with Crippen molar-refractivity contribution in [2.45, 2.75) is 26.9 Å². The molecule has 10 heteroatoms. The molecule has 0 N–H and O–H groups in total. The van der Waals surface area contributed by atoms with Crippen molar-refractivity contribution in [1.29, 1.82) is 0 Å². The predicted octanol–water partition coefficient (Wildman–Crippen LogP) is 5.20. The summed E-state index contributed by atoms with van der Waals surface area (Å²) < 4.78 is 8.40. The van der Waals surface area contributed by atoms with Crippen LogP contribution in [0.15, 0.2) is 60.0 Å². The van der Waals surface area contributed by atoms with Crippen molar-refractivity contribution in [1.82, 2.24) is 19.4 Å². The Labute approximate surface area is 241 Å². The molecule has 0 atom stereocenters. The molecule has 4 aromatic rings. The first-order valence-electron chi connectivity index (χ1n) is 12.9. The van der Waals surface area contributed by atoms with Crippen LogP contribution in [-0.2, 0) is 17.9 Å². The number of imidazole rings is 1. The summed E-state index contributed by atoms with van der Waals surface area (Å²) in [6.45, 7) is 9.53. The number of oxime groups is 1. The van der Waals surface area contributed by atoms with Crippen LogP contribution in [0.25, 0.3) is 16.6 Å². The topological polar surface area (TPSA) is 68.0 Å². The second-order valence-electron chi connectivity index (χ2n) is 9.70. The first kappa shape index (κ1) is 28.7. The molecule has 39 heavy (non-hydrogen) atoms. The van der Waals surface area contributed by atoms with E-state index >= 15 is 0 Å². The highest BCUT2D eigenvalue weighted by Crippen LogP contribution is 2.35. The van der Waals surface area contributed by atoms with E-state index in [9.17, 15) is 0 Å². The first-order chi connectivity index (χ1) is 18.1. The van der Waals surface area contributed by atoms with Crippen molar-refractivity contribution in [2.24, 2.45) is 5.16 Å². The number of pyridine rings is 1. The van der Waals surface area contributed by atoms with Gasteiger partial charge in [0.15, 0.2) is 0 Å². The number of benzene rings is 2. The lowest BCUT2D eigenvalue weighted by molar-refractivity contribution is 0.213. The number of nitrogens with zero attached hydrogens (tertiary/aromatic N) is 6. The van der Waals surface area contributed by atoms with Gasteiger partial charge in [-0.25, -0.2) is 4.98 Å². The quantitative estimate of drug-likeness (QED) is 0.235. The SMILES string of the molecule is CO/N=C(\C)c1ncn2c1COc1c(CCN3CCN(c4cccc5nc(C)ccc45)CC3)cccc1-2.Cl.Cl. The number of aryl methyl sites for hydroxylation is 1. The van der Waals surface area contributed by atoms with Gasteiger partial charge in [-0.3, -0.25) is 14.5 Å². The van der Waals surface area contributed by atoms with E-state index in [1.165, 1.54) is 16.6 Å². The van der Waals surface area contributed by atoms with E-state index < -0.39 is 0 Å². The predicted molar refractivity (Wildman–Crippen MR) is 160 cm³/mol. The van der Waals surface area contributed by atoms with Crippen LogP contribution in [0.4, 0.5) is 5.69 Å². The van der Waals surface area contributed by atoms with Crippen molar-refractivity contribution in [3.05, 3.63) is 77.5 Å². The van der Waals surface area contributed by atoms with Gasteiger partial charge in [0, 0.05) is 49.5 Å². The van der Waals surface area contributed by atoms with Crippen LogP contribution in [0.5, 0.6) is 5.75 Å². The zero-order valence-electron chi connectivity index (χ0n) is 22.5. The van der Waals surface area contributed by atoms with E-state index in [4.69, 9.17) is 14.6 Å². The zero-order valence-corrected chi connectivity index (χ0v) is 24.1. The summed E-state index contributed by atoms with van der Waals surface area (Å²) in [6, 6.07) is 17.1. The average molecular weight is 570 g/mol. The maximum atomic E-state index is 6.28. The van der Waals surface area contributed by atoms with E-state index in [0.717, 1.165) is 78.9 Å². The van der Waals surface area contributed by atoms with Gasteiger partial charge in [0.25, 0.3) is 0 Å². The number of rotatable bonds is 6. The molecule has 0 saturated carbocycles. The molecule has 1 fully saturated rings. The molecule has 1 saturated heterocycles. The number of fused-ring (bicyclic) bond motifs is 4. The minimum Gasteiger partial charge on any atom is -0.485 e. The smallest absolute Gasteiger partial charge is 0.147 e. The molecule has 0 amide bonds. The summed E-state index contributed by atoms with van der Waals surface area (Å²) in [5.74, 6) is 0.956. The number of anilines is 1. The molecule has 6 rings (SSSR count). The molecule has 2 aromatic carbocycles. The molecule has 0 aliphatic carbocycles. The van der Waals surface area contributed by atoms with Crippen molar-refractivity contribution in [3.8, 4) is 11.4 Å². The van der Waals surface area contributed by atoms with Crippen LogP contribution >= 0.6 is 24.8 Å². The van der Waals surface area contributed by atoms with E-state index in [2.05, 4.69) is 73.0 Å². The molecule has 206 valence electrons. The summed E-state index contributed by atoms with van der Waals surface area (Å²) in [5, 5.41) is 5.28. The molecule has 0 radical (unpaired) electrons. The van der Waals surface area contributed by atoms with Crippen LogP contribution < -0.4 is 9.64 Å². The summed E-state index contributed by atoms with van der Waals surface area (Å²) in [7, 11) is 1.55. The third kappa shape index (κ3) is 5.55. The minimum absolute atomic E-state index is 0. The normalized spacial score (nSPS) is 15.1. The number of hydrogen-bond donors (Lipinski definition) is 0. The fourth-order valence-electron chi connectivity index (χ4n) is 5.47. The highest BCUT2D eigenvalue weighted by atomic mass is 35.5. The number of aromatic nitrogens is 3. The maximum Gasteiger partial charge on any atom is 0.147 e. The van der Waals surface area contributed by atoms with Gasteiger partial charge in [-0.15, -0.1) is 24.8 Å². The summed E-state index contributed by atoms with van der Waals surface area (Å²) >= 11 is 0. The van der Waals surface area contributed by atoms with Gasteiger partial charge in [0.2, 0.25) is 0 Å². The molecule has 0 unspecified atom stereocenters. The molecular formula is C29H34Cl2N6O2. The third-order valence-corrected chi connectivity index (χ3v) is 7.38. The van der Waals surface area contributed by atoms with Crippen molar-refractivity contribution in [3.63, 3.8) is 0 Å². The Morgan fingerprint density at radius 3 is 2.56 bits per heavy atom. The van der Waals surface area contributed by atoms with Gasteiger partial charge in [0.1, 0.15) is 37.2 Å². The van der Waals surface area contributed by atoms with E-state index in [1.54, 1.807) is 7.11 Å². The summed E-state index contributed by atoms with van der Waals surface area (Å²) in [4.78, 5) is 19.3. The lowest BCUT2D eigenvalue weighted by Crippen LogP contribution is -2.47. The van der Waals surface area contributed by atoms with Crippen molar-refractivity contribution in [2.75, 3.05) is 44.7 Å². The Balaban J connectivity index is 0.00000176. The molecular weight excluding hydrogens is 535 g/mol. The molecule has 0 spiro atoms. The molecule has 2 aliphatic heterocycles. The molecule has 2 aromatic heterocycles. The average Bonchev–Trinajstić information content (AvgIpc) is 3.37. The lowest BCUT2D eigenvalue weighted by Gasteiger charge is -2.36. The van der Waals surface area contributed by atoms with E-state index in [-0.39, 0.29) is 24.8 Å². The lowest BCUT2D eigenvalue weighted by atomic mass is 10.1. The van der Waals surface area contributed by atoms with Gasteiger partial charge in [-0.1, -0.05) is 23.4 Å². The second kappa shape index (κ2) is 12.2. The Kier molecular flexibility index (Phi) is 9.00. The molecule has 2 aliphatic rings. The van der Waals surface area contributed by atoms with E-state index in [0.29, 0.717) is 6.61 Å². The van der Waals surface area contributed by atoms with Gasteiger partial charge >= 0.3 is 0 Å². The number of ether oxygens (including phenoxy) is 1. The van der Waals surface area contributed by atoms with Crippen LogP contribution in [0.3, 0.4) is 0 Å². The zero-order chi connectivity index (χ0) is 25.4. The highest BCUT2D eigenvalue weighted by Gasteiger charge is 2.25. The van der Waals surface area contributed by atoms with Crippen molar-refractivity contribution >= 4 is 47.1 Å². The standard InChI is InChI=1S/C29H32N6O2.2ClH/c1-20-10-11-23-24(31-20)7-5-8-25(23)34-16-14-33(15-17-34)13-12-22-6-4-9-26-29(22)37-18-27-28(21(2)32-36-3)30-19-35(26)27;;/h4-11,19H,12-18H2,1-3H3;2*1H/b32-21+;;. The van der Waals surface area contributed by atoms with E-state index in [1.807, 2.05) is 20.2 Å². The van der Waals surface area contributed by atoms with Gasteiger partial charge in [0.05, 0.1) is 16.9 Å². The Bertz CT molecular complexity index is 1480. The number of piperazine rings is 1. The van der Waals surface area contributed by atoms with Gasteiger partial charge < -0.3 is 14.5 Å². The van der Waals surface area contributed by atoms with Crippen LogP contribution in [0, 0.1) is 6.92 Å². The van der Waals surface area contributed by atoms with Gasteiger partial charge in [-0.2, -0.15) is 0 Å². The summed E-state index contributed by atoms with van der Waals surface area (Å²) in [5.41, 5.74) is 8.24. The number of hydrogen-bond acceptors (Lipinski definition) is 7. The monoisotopic (exact) mass is 568 g/mol. The third-order valence-electron chi connectivity index (χ3n) is 7.38. The fraction of sp³-hybridized carbons (Fsp3) is 0.345. The molecule has 0 bridgehead atoms. The number of halogens is 2. The largest absolute Gasteiger partial charge is 0.485 e. The highest BCUT2D eigenvalue weighted by molar-refractivity contribution is 5.98.